The van der Waals surface area contributed by atoms with Crippen molar-refractivity contribution in [3.05, 3.63) is 65.5 Å². The molecule has 2 aromatic rings. The second kappa shape index (κ2) is 6.35. The summed E-state index contributed by atoms with van der Waals surface area (Å²) in [6, 6.07) is 12.5. The first-order valence-electron chi connectivity index (χ1n) is 5.98. The molecular weight excluding hydrogens is 273 g/mol. The number of para-hydroxylation sites is 1. The quantitative estimate of drug-likeness (QED) is 0.870. The van der Waals surface area contributed by atoms with Crippen molar-refractivity contribution in [1.82, 2.24) is 0 Å². The first-order chi connectivity index (χ1) is 10.1. The van der Waals surface area contributed by atoms with Gasteiger partial charge in [0.2, 0.25) is 0 Å². The lowest BCUT2D eigenvalue weighted by Gasteiger charge is -2.10. The molecule has 0 heterocycles. The van der Waals surface area contributed by atoms with E-state index in [4.69, 9.17) is 15.1 Å². The van der Waals surface area contributed by atoms with E-state index in [0.29, 0.717) is 11.3 Å². The minimum absolute atomic E-state index is 0.0775. The van der Waals surface area contributed by atoms with Crippen molar-refractivity contribution >= 4 is 12.0 Å². The number of nitriles is 1. The SMILES string of the molecule is N#Cc1c(F)cccc1Oc1ccccc1/C=C/C(=O)O. The predicted octanol–water partition coefficient (Wildman–Crippen LogP) is 3.59. The molecule has 0 aliphatic rings. The van der Waals surface area contributed by atoms with E-state index in [-0.39, 0.29) is 11.3 Å². The van der Waals surface area contributed by atoms with Gasteiger partial charge in [-0.25, -0.2) is 9.18 Å². The summed E-state index contributed by atoms with van der Waals surface area (Å²) in [6.07, 6.45) is 2.34. The second-order valence-corrected chi connectivity index (χ2v) is 4.04. The maximum Gasteiger partial charge on any atom is 0.328 e. The summed E-state index contributed by atoms with van der Waals surface area (Å²) in [7, 11) is 0. The molecule has 4 nitrogen and oxygen atoms in total. The Kier molecular flexibility index (Phi) is 4.32. The molecule has 0 spiro atoms. The summed E-state index contributed by atoms with van der Waals surface area (Å²) in [5.74, 6) is -1.35. The largest absolute Gasteiger partial charge is 0.478 e. The van der Waals surface area contributed by atoms with Gasteiger partial charge in [-0.3, -0.25) is 0 Å². The van der Waals surface area contributed by atoms with E-state index < -0.39 is 11.8 Å². The van der Waals surface area contributed by atoms with Gasteiger partial charge in [0.15, 0.2) is 0 Å². The second-order valence-electron chi connectivity index (χ2n) is 4.04. The molecule has 1 N–H and O–H groups in total. The van der Waals surface area contributed by atoms with Gasteiger partial charge >= 0.3 is 5.97 Å². The van der Waals surface area contributed by atoms with Crippen LogP contribution in [0.4, 0.5) is 4.39 Å². The Morgan fingerprint density at radius 2 is 1.90 bits per heavy atom. The fourth-order valence-corrected chi connectivity index (χ4v) is 1.69. The third-order valence-corrected chi connectivity index (χ3v) is 2.63. The van der Waals surface area contributed by atoms with Crippen LogP contribution < -0.4 is 4.74 Å². The van der Waals surface area contributed by atoms with Crippen LogP contribution in [0.1, 0.15) is 11.1 Å². The van der Waals surface area contributed by atoms with Gasteiger partial charge < -0.3 is 9.84 Å². The molecule has 0 saturated heterocycles. The van der Waals surface area contributed by atoms with Gasteiger partial charge in [-0.1, -0.05) is 24.3 Å². The Morgan fingerprint density at radius 3 is 2.62 bits per heavy atom. The van der Waals surface area contributed by atoms with Gasteiger partial charge in [0.1, 0.15) is 28.9 Å². The molecule has 0 aromatic heterocycles. The molecule has 0 fully saturated rings. The minimum Gasteiger partial charge on any atom is -0.478 e. The number of halogens is 1. The van der Waals surface area contributed by atoms with Crippen molar-refractivity contribution in [3.8, 4) is 17.6 Å². The van der Waals surface area contributed by atoms with Crippen molar-refractivity contribution in [2.24, 2.45) is 0 Å². The van der Waals surface area contributed by atoms with Crippen molar-refractivity contribution in [2.45, 2.75) is 0 Å². The van der Waals surface area contributed by atoms with Crippen LogP contribution in [0.15, 0.2) is 48.5 Å². The van der Waals surface area contributed by atoms with E-state index in [1.54, 1.807) is 30.3 Å². The summed E-state index contributed by atoms with van der Waals surface area (Å²) in [4.78, 5) is 10.6. The zero-order valence-corrected chi connectivity index (χ0v) is 10.8. The Balaban J connectivity index is 2.39. The molecule has 0 saturated carbocycles. The molecule has 2 aromatic carbocycles. The van der Waals surface area contributed by atoms with Gasteiger partial charge in [0.05, 0.1) is 0 Å². The molecule has 0 bridgehead atoms. The first-order valence-corrected chi connectivity index (χ1v) is 5.98. The average Bonchev–Trinajstić information content (AvgIpc) is 2.46. The van der Waals surface area contributed by atoms with Crippen molar-refractivity contribution < 1.29 is 19.0 Å². The Morgan fingerprint density at radius 1 is 1.19 bits per heavy atom. The number of benzene rings is 2. The summed E-state index contributed by atoms with van der Waals surface area (Å²) >= 11 is 0. The lowest BCUT2D eigenvalue weighted by atomic mass is 10.1. The van der Waals surface area contributed by atoms with Crippen LogP contribution in [-0.4, -0.2) is 11.1 Å². The standard InChI is InChI=1S/C16H10FNO3/c17-13-5-3-7-15(12(13)10-18)21-14-6-2-1-4-11(14)8-9-16(19)20/h1-9H,(H,19,20)/b9-8+. The van der Waals surface area contributed by atoms with Gasteiger partial charge in [0.25, 0.3) is 0 Å². The normalized spacial score (nSPS) is 10.3. The molecule has 0 aliphatic heterocycles. The average molecular weight is 283 g/mol. The third kappa shape index (κ3) is 3.45. The zero-order valence-electron chi connectivity index (χ0n) is 10.8. The molecule has 104 valence electrons. The van der Waals surface area contributed by atoms with Crippen LogP contribution in [0.2, 0.25) is 0 Å². The van der Waals surface area contributed by atoms with Crippen molar-refractivity contribution in [2.75, 3.05) is 0 Å². The minimum atomic E-state index is -1.09. The Hall–Kier alpha value is -3.13. The predicted molar refractivity (Wildman–Crippen MR) is 74.3 cm³/mol. The molecule has 0 atom stereocenters. The molecule has 21 heavy (non-hydrogen) atoms. The van der Waals surface area contributed by atoms with Crippen LogP contribution in [0.25, 0.3) is 6.08 Å². The lowest BCUT2D eigenvalue weighted by molar-refractivity contribution is -0.131. The maximum absolute atomic E-state index is 13.5. The molecule has 0 aliphatic carbocycles. The molecular formula is C16H10FNO3. The van der Waals surface area contributed by atoms with Crippen molar-refractivity contribution in [1.29, 1.82) is 5.26 Å². The lowest BCUT2D eigenvalue weighted by Crippen LogP contribution is -1.93. The summed E-state index contributed by atoms with van der Waals surface area (Å²) in [5, 5.41) is 17.6. The highest BCUT2D eigenvalue weighted by molar-refractivity contribution is 5.85. The zero-order chi connectivity index (χ0) is 15.2. The van der Waals surface area contributed by atoms with E-state index in [1.165, 1.54) is 24.3 Å². The van der Waals surface area contributed by atoms with Crippen LogP contribution in [0.3, 0.4) is 0 Å². The number of hydrogen-bond acceptors (Lipinski definition) is 3. The highest BCUT2D eigenvalue weighted by Crippen LogP contribution is 2.29. The number of rotatable bonds is 4. The number of aliphatic carboxylic acids is 1. The van der Waals surface area contributed by atoms with E-state index in [1.807, 2.05) is 0 Å². The van der Waals surface area contributed by atoms with Crippen LogP contribution >= 0.6 is 0 Å². The Bertz CT molecular complexity index is 747. The van der Waals surface area contributed by atoms with E-state index >= 15 is 0 Å². The molecule has 0 amide bonds. The molecule has 0 unspecified atom stereocenters. The van der Waals surface area contributed by atoms with Gasteiger partial charge in [-0.15, -0.1) is 0 Å². The number of ether oxygens (including phenoxy) is 1. The monoisotopic (exact) mass is 283 g/mol. The molecule has 0 radical (unpaired) electrons. The molecule has 5 heteroatoms. The van der Waals surface area contributed by atoms with Crippen LogP contribution in [0.5, 0.6) is 11.5 Å². The fraction of sp³-hybridized carbons (Fsp3) is 0. The number of carboxylic acid groups (broad SMARTS) is 1. The first kappa shape index (κ1) is 14.3. The van der Waals surface area contributed by atoms with E-state index in [0.717, 1.165) is 6.08 Å². The highest BCUT2D eigenvalue weighted by Gasteiger charge is 2.11. The smallest absolute Gasteiger partial charge is 0.328 e. The van der Waals surface area contributed by atoms with Gasteiger partial charge in [-0.2, -0.15) is 5.26 Å². The fourth-order valence-electron chi connectivity index (χ4n) is 1.69. The summed E-state index contributed by atoms with van der Waals surface area (Å²) < 4.78 is 19.1. The van der Waals surface area contributed by atoms with Crippen LogP contribution in [-0.2, 0) is 4.79 Å². The van der Waals surface area contributed by atoms with Crippen LogP contribution in [0, 0.1) is 17.1 Å². The number of hydrogen-bond donors (Lipinski definition) is 1. The van der Waals surface area contributed by atoms with E-state index in [2.05, 4.69) is 0 Å². The number of nitrogens with zero attached hydrogens (tertiary/aromatic N) is 1. The Labute approximate surface area is 120 Å². The topological polar surface area (TPSA) is 70.3 Å². The highest BCUT2D eigenvalue weighted by atomic mass is 19.1. The molecule has 2 rings (SSSR count). The number of carbonyl (C=O) groups is 1. The van der Waals surface area contributed by atoms with Crippen molar-refractivity contribution in [3.63, 3.8) is 0 Å². The summed E-state index contributed by atoms with van der Waals surface area (Å²) in [6.45, 7) is 0. The third-order valence-electron chi connectivity index (χ3n) is 2.63. The maximum atomic E-state index is 13.5. The summed E-state index contributed by atoms with van der Waals surface area (Å²) in [5.41, 5.74) is 0.308. The van der Waals surface area contributed by atoms with E-state index in [9.17, 15) is 9.18 Å². The van der Waals surface area contributed by atoms with Gasteiger partial charge in [-0.05, 0) is 24.3 Å². The van der Waals surface area contributed by atoms with Gasteiger partial charge in [0, 0.05) is 11.6 Å². The number of carboxylic acids is 1.